The SMILES string of the molecule is O=P(O)(O)O.O[Si](O)(O)O.[H-].[Na+]. The summed E-state index contributed by atoms with van der Waals surface area (Å²) in [5, 5.41) is 0. The Kier molecular flexibility index (Phi) is 10.9. The molecular weight excluding hydrogens is 210 g/mol. The number of rotatable bonds is 0. The van der Waals surface area contributed by atoms with Crippen LogP contribution in [0.25, 0.3) is 0 Å². The van der Waals surface area contributed by atoms with E-state index in [4.69, 9.17) is 38.4 Å². The van der Waals surface area contributed by atoms with Gasteiger partial charge in [-0.1, -0.05) is 0 Å². The minimum Gasteiger partial charge on any atom is -1.00 e. The molecule has 0 saturated carbocycles. The van der Waals surface area contributed by atoms with Crippen molar-refractivity contribution in [1.82, 2.24) is 0 Å². The number of hydrogen-bond donors (Lipinski definition) is 7. The topological polar surface area (TPSA) is 159 Å². The van der Waals surface area contributed by atoms with Crippen molar-refractivity contribution in [3.8, 4) is 0 Å². The molecule has 0 amide bonds. The molecule has 0 bridgehead atoms. The van der Waals surface area contributed by atoms with Crippen LogP contribution < -0.4 is 29.6 Å². The van der Waals surface area contributed by atoms with Gasteiger partial charge in [-0.2, -0.15) is 0 Å². The molecule has 7 N–H and O–H groups in total. The Balaban J connectivity index is -0.0000000457. The molecule has 0 aliphatic rings. The van der Waals surface area contributed by atoms with Crippen LogP contribution in [0.4, 0.5) is 0 Å². The summed E-state index contributed by atoms with van der Waals surface area (Å²) in [6.45, 7) is 0. The van der Waals surface area contributed by atoms with E-state index < -0.39 is 16.9 Å². The van der Waals surface area contributed by atoms with Gasteiger partial charge in [-0.3, -0.25) is 0 Å². The maximum absolute atomic E-state index is 8.88. The second-order valence-corrected chi connectivity index (χ2v) is 3.34. The molecule has 0 spiro atoms. The van der Waals surface area contributed by atoms with E-state index in [1.807, 2.05) is 0 Å². The van der Waals surface area contributed by atoms with Gasteiger partial charge in [0.25, 0.3) is 0 Å². The fourth-order valence-corrected chi connectivity index (χ4v) is 0. The summed E-state index contributed by atoms with van der Waals surface area (Å²) in [5.74, 6) is 0. The van der Waals surface area contributed by atoms with E-state index in [-0.39, 0.29) is 31.0 Å². The van der Waals surface area contributed by atoms with Gasteiger partial charge >= 0.3 is 46.4 Å². The molecule has 0 aromatic carbocycles. The monoisotopic (exact) mass is 218 g/mol. The van der Waals surface area contributed by atoms with Gasteiger partial charge in [0.15, 0.2) is 0 Å². The van der Waals surface area contributed by atoms with Crippen molar-refractivity contribution in [3.05, 3.63) is 0 Å². The van der Waals surface area contributed by atoms with Crippen LogP contribution >= 0.6 is 7.82 Å². The van der Waals surface area contributed by atoms with Gasteiger partial charge in [0.2, 0.25) is 0 Å². The van der Waals surface area contributed by atoms with Crippen LogP contribution in [0.15, 0.2) is 0 Å². The first kappa shape index (κ1) is 18.1. The zero-order chi connectivity index (χ0) is 9.00. The molecule has 0 fully saturated rings. The largest absolute Gasteiger partial charge is 1.00 e. The molecule has 0 heterocycles. The van der Waals surface area contributed by atoms with E-state index in [9.17, 15) is 0 Å². The Hall–Kier alpha value is 1.17. The van der Waals surface area contributed by atoms with E-state index in [0.717, 1.165) is 0 Å². The maximum atomic E-state index is 8.88. The third kappa shape index (κ3) is 689. The average molecular weight is 218 g/mol. The predicted molar refractivity (Wildman–Crippen MR) is 30.0 cm³/mol. The summed E-state index contributed by atoms with van der Waals surface area (Å²) in [6, 6.07) is 0. The van der Waals surface area contributed by atoms with Gasteiger partial charge in [0, 0.05) is 0 Å². The van der Waals surface area contributed by atoms with E-state index in [0.29, 0.717) is 0 Å². The van der Waals surface area contributed by atoms with Crippen molar-refractivity contribution < 1.29 is 69.4 Å². The predicted octanol–water partition coefficient (Wildman–Crippen LogP) is -6.42. The zero-order valence-corrected chi connectivity index (χ0v) is 9.38. The van der Waals surface area contributed by atoms with Crippen LogP contribution in [0, 0.1) is 0 Å². The minimum atomic E-state index is -4.64. The van der Waals surface area contributed by atoms with E-state index >= 15 is 0 Å². The molecule has 0 rings (SSSR count). The standard InChI is InChI=1S/Na.H3O4P.H4O4Si.H/c;2*1-5(2,3)4;/h;(H3,1,2,3,4);1-4H;/q+1;;;-1. The molecule has 11 heteroatoms. The molecule has 8 nitrogen and oxygen atoms in total. The number of hydrogen-bond acceptors (Lipinski definition) is 5. The molecular formula is H8NaO8PSi. The first-order valence-electron chi connectivity index (χ1n) is 1.68. The van der Waals surface area contributed by atoms with Gasteiger partial charge in [-0.15, -0.1) is 0 Å². The molecule has 11 heavy (non-hydrogen) atoms. The minimum absolute atomic E-state index is 0. The van der Waals surface area contributed by atoms with Gasteiger partial charge in [-0.05, 0) is 0 Å². The van der Waals surface area contributed by atoms with Crippen LogP contribution in [0.3, 0.4) is 0 Å². The second kappa shape index (κ2) is 6.66. The summed E-state index contributed by atoms with van der Waals surface area (Å²) in [4.78, 5) is 50.9. The summed E-state index contributed by atoms with van der Waals surface area (Å²) >= 11 is 0. The Morgan fingerprint density at radius 3 is 1.00 bits per heavy atom. The average Bonchev–Trinajstić information content (AvgIpc) is 1.12. The smallest absolute Gasteiger partial charge is 1.00 e. The first-order valence-corrected chi connectivity index (χ1v) is 5.03. The van der Waals surface area contributed by atoms with Gasteiger partial charge in [-0.25, -0.2) is 4.57 Å². The van der Waals surface area contributed by atoms with Crippen molar-refractivity contribution in [1.29, 1.82) is 0 Å². The molecule has 0 aliphatic carbocycles. The quantitative estimate of drug-likeness (QED) is 0.156. The van der Waals surface area contributed by atoms with Gasteiger partial charge in [0.05, 0.1) is 0 Å². The van der Waals surface area contributed by atoms with Crippen molar-refractivity contribution in [2.45, 2.75) is 0 Å². The van der Waals surface area contributed by atoms with Crippen LogP contribution in [0.2, 0.25) is 0 Å². The normalized spacial score (nSPS) is 10.8. The Morgan fingerprint density at radius 1 is 1.00 bits per heavy atom. The maximum Gasteiger partial charge on any atom is 1.00 e. The molecule has 0 atom stereocenters. The third-order valence-corrected chi connectivity index (χ3v) is 0. The molecule has 0 aromatic rings. The van der Waals surface area contributed by atoms with E-state index in [1.54, 1.807) is 0 Å². The van der Waals surface area contributed by atoms with Gasteiger partial charge in [0.1, 0.15) is 0 Å². The van der Waals surface area contributed by atoms with Gasteiger partial charge < -0.3 is 35.3 Å². The fraction of sp³-hybridized carbons (Fsp3) is 0. The van der Waals surface area contributed by atoms with Crippen LogP contribution in [0.5, 0.6) is 0 Å². The first-order chi connectivity index (χ1) is 4.00. The molecule has 0 unspecified atom stereocenters. The molecule has 0 aromatic heterocycles. The summed E-state index contributed by atoms with van der Waals surface area (Å²) < 4.78 is 8.88. The summed E-state index contributed by atoms with van der Waals surface area (Å²) in [6.07, 6.45) is 0. The van der Waals surface area contributed by atoms with Crippen molar-refractivity contribution in [2.75, 3.05) is 0 Å². The molecule has 0 radical (unpaired) electrons. The second-order valence-electron chi connectivity index (χ2n) is 1.11. The molecule has 0 aliphatic heterocycles. The fourth-order valence-electron chi connectivity index (χ4n) is 0. The van der Waals surface area contributed by atoms with Crippen molar-refractivity contribution in [2.24, 2.45) is 0 Å². The van der Waals surface area contributed by atoms with Crippen molar-refractivity contribution in [3.63, 3.8) is 0 Å². The summed E-state index contributed by atoms with van der Waals surface area (Å²) in [7, 11) is -9.25. The molecule has 0 saturated heterocycles. The Bertz CT molecular complexity index is 111. The number of phosphoric acid groups is 1. The third-order valence-electron chi connectivity index (χ3n) is 0. The van der Waals surface area contributed by atoms with Crippen LogP contribution in [-0.2, 0) is 4.57 Å². The van der Waals surface area contributed by atoms with Crippen LogP contribution in [0.1, 0.15) is 1.43 Å². The zero-order valence-electron chi connectivity index (χ0n) is 6.49. The Labute approximate surface area is 86.3 Å². The summed E-state index contributed by atoms with van der Waals surface area (Å²) in [5.41, 5.74) is 0. The van der Waals surface area contributed by atoms with Crippen molar-refractivity contribution >= 4 is 16.9 Å². The van der Waals surface area contributed by atoms with E-state index in [1.165, 1.54) is 0 Å². The Morgan fingerprint density at radius 2 is 1.00 bits per heavy atom. The van der Waals surface area contributed by atoms with Crippen LogP contribution in [-0.4, -0.2) is 42.9 Å². The molecule has 66 valence electrons. The van der Waals surface area contributed by atoms with E-state index in [2.05, 4.69) is 0 Å².